The molecule has 0 heterocycles. The molecule has 0 fully saturated rings. The molecule has 0 saturated heterocycles. The van der Waals surface area contributed by atoms with Crippen LogP contribution in [0.4, 0.5) is 0 Å². The van der Waals surface area contributed by atoms with Crippen LogP contribution in [0.5, 0.6) is 0 Å². The van der Waals surface area contributed by atoms with Crippen molar-refractivity contribution in [2.75, 3.05) is 17.6 Å². The van der Waals surface area contributed by atoms with Crippen LogP contribution in [0.1, 0.15) is 26.2 Å². The van der Waals surface area contributed by atoms with E-state index in [2.05, 4.69) is 22.6 Å². The molecule has 0 aliphatic heterocycles. The van der Waals surface area contributed by atoms with Crippen LogP contribution in [0.15, 0.2) is 0 Å². The standard InChI is InChI=1S/C7H15IO/c1-2-9-7-5-3-4-6-8/h2-7H2,1H3. The van der Waals surface area contributed by atoms with Crippen molar-refractivity contribution >= 4 is 22.6 Å². The summed E-state index contributed by atoms with van der Waals surface area (Å²) in [7, 11) is 0. The van der Waals surface area contributed by atoms with Gasteiger partial charge < -0.3 is 4.74 Å². The van der Waals surface area contributed by atoms with Crippen molar-refractivity contribution in [2.45, 2.75) is 26.2 Å². The van der Waals surface area contributed by atoms with Gasteiger partial charge in [0.2, 0.25) is 0 Å². The molecule has 0 radical (unpaired) electrons. The average Bonchev–Trinajstić information content (AvgIpc) is 1.89. The van der Waals surface area contributed by atoms with E-state index >= 15 is 0 Å². The molecule has 0 amide bonds. The first-order chi connectivity index (χ1) is 4.41. The molecule has 0 rings (SSSR count). The van der Waals surface area contributed by atoms with Crippen molar-refractivity contribution in [3.05, 3.63) is 0 Å². The first kappa shape index (κ1) is 9.69. The van der Waals surface area contributed by atoms with E-state index in [1.807, 2.05) is 6.92 Å². The number of alkyl halides is 1. The van der Waals surface area contributed by atoms with Gasteiger partial charge in [-0.05, 0) is 24.2 Å². The lowest BCUT2D eigenvalue weighted by Crippen LogP contribution is -1.92. The van der Waals surface area contributed by atoms with E-state index in [0.29, 0.717) is 0 Å². The smallest absolute Gasteiger partial charge is 0.0465 e. The molecule has 0 aliphatic carbocycles. The van der Waals surface area contributed by atoms with Gasteiger partial charge in [0.15, 0.2) is 0 Å². The predicted molar refractivity (Wildman–Crippen MR) is 49.2 cm³/mol. The zero-order chi connectivity index (χ0) is 6.95. The third-order valence-corrected chi connectivity index (χ3v) is 1.89. The zero-order valence-electron chi connectivity index (χ0n) is 6.03. The Kier molecular flexibility index (Phi) is 9.36. The maximum absolute atomic E-state index is 5.18. The number of hydrogen-bond acceptors (Lipinski definition) is 1. The molecular formula is C7H15IO. The minimum Gasteiger partial charge on any atom is -0.382 e. The number of unbranched alkanes of at least 4 members (excludes halogenated alkanes) is 2. The van der Waals surface area contributed by atoms with Crippen LogP contribution in [-0.4, -0.2) is 17.6 Å². The molecule has 0 aromatic heterocycles. The molecule has 0 aromatic carbocycles. The quantitative estimate of drug-likeness (QED) is 0.395. The second-order valence-corrected chi connectivity index (χ2v) is 3.03. The second kappa shape index (κ2) is 8.69. The number of halogens is 1. The minimum absolute atomic E-state index is 0.865. The van der Waals surface area contributed by atoms with Crippen molar-refractivity contribution in [3.8, 4) is 0 Å². The Labute approximate surface area is 71.3 Å². The van der Waals surface area contributed by atoms with Crippen molar-refractivity contribution in [3.63, 3.8) is 0 Å². The maximum atomic E-state index is 5.18. The van der Waals surface area contributed by atoms with Crippen molar-refractivity contribution in [2.24, 2.45) is 0 Å². The monoisotopic (exact) mass is 242 g/mol. The first-order valence-electron chi connectivity index (χ1n) is 3.55. The molecule has 0 spiro atoms. The number of rotatable bonds is 6. The van der Waals surface area contributed by atoms with E-state index in [9.17, 15) is 0 Å². The van der Waals surface area contributed by atoms with Crippen LogP contribution in [0.2, 0.25) is 0 Å². The lowest BCUT2D eigenvalue weighted by Gasteiger charge is -1.98. The summed E-state index contributed by atoms with van der Waals surface area (Å²) in [5.74, 6) is 0. The highest BCUT2D eigenvalue weighted by Gasteiger charge is 1.85. The molecule has 0 aromatic rings. The highest BCUT2D eigenvalue weighted by Crippen LogP contribution is 1.98. The van der Waals surface area contributed by atoms with Gasteiger partial charge in [0.05, 0.1) is 0 Å². The van der Waals surface area contributed by atoms with E-state index in [1.54, 1.807) is 0 Å². The summed E-state index contributed by atoms with van der Waals surface area (Å²) < 4.78 is 6.46. The van der Waals surface area contributed by atoms with Gasteiger partial charge >= 0.3 is 0 Å². The highest BCUT2D eigenvalue weighted by molar-refractivity contribution is 14.1. The van der Waals surface area contributed by atoms with Gasteiger partial charge in [-0.25, -0.2) is 0 Å². The minimum atomic E-state index is 0.865. The SMILES string of the molecule is CCOCCCCCI. The van der Waals surface area contributed by atoms with Gasteiger partial charge in [-0.3, -0.25) is 0 Å². The van der Waals surface area contributed by atoms with Crippen LogP contribution in [0, 0.1) is 0 Å². The fourth-order valence-corrected chi connectivity index (χ4v) is 1.16. The van der Waals surface area contributed by atoms with Gasteiger partial charge in [-0.15, -0.1) is 0 Å². The Bertz CT molecular complexity index is 42.2. The second-order valence-electron chi connectivity index (χ2n) is 1.95. The first-order valence-corrected chi connectivity index (χ1v) is 5.08. The Balaban J connectivity index is 2.60. The largest absolute Gasteiger partial charge is 0.382 e. The van der Waals surface area contributed by atoms with Crippen molar-refractivity contribution in [1.29, 1.82) is 0 Å². The van der Waals surface area contributed by atoms with Gasteiger partial charge in [0, 0.05) is 13.2 Å². The topological polar surface area (TPSA) is 9.23 Å². The van der Waals surface area contributed by atoms with E-state index in [0.717, 1.165) is 13.2 Å². The molecule has 9 heavy (non-hydrogen) atoms. The van der Waals surface area contributed by atoms with Crippen LogP contribution in [0.3, 0.4) is 0 Å². The molecule has 0 bridgehead atoms. The van der Waals surface area contributed by atoms with Crippen molar-refractivity contribution < 1.29 is 4.74 Å². The number of hydrogen-bond donors (Lipinski definition) is 0. The van der Waals surface area contributed by atoms with Gasteiger partial charge in [0.25, 0.3) is 0 Å². The average molecular weight is 242 g/mol. The normalized spacial score (nSPS) is 10.0. The molecule has 56 valence electrons. The molecule has 1 nitrogen and oxygen atoms in total. The molecule has 0 N–H and O–H groups in total. The summed E-state index contributed by atoms with van der Waals surface area (Å²) in [6.07, 6.45) is 3.90. The zero-order valence-corrected chi connectivity index (χ0v) is 8.19. The summed E-state index contributed by atoms with van der Waals surface area (Å²) in [4.78, 5) is 0. The Morgan fingerprint density at radius 1 is 1.22 bits per heavy atom. The molecule has 0 aliphatic rings. The van der Waals surface area contributed by atoms with E-state index in [1.165, 1.54) is 23.7 Å². The molecule has 0 unspecified atom stereocenters. The van der Waals surface area contributed by atoms with Crippen LogP contribution >= 0.6 is 22.6 Å². The summed E-state index contributed by atoms with van der Waals surface area (Å²) in [6.45, 7) is 3.86. The Hall–Kier alpha value is 0.690. The van der Waals surface area contributed by atoms with E-state index < -0.39 is 0 Å². The van der Waals surface area contributed by atoms with E-state index in [4.69, 9.17) is 4.74 Å². The predicted octanol–water partition coefficient (Wildman–Crippen LogP) is 2.63. The van der Waals surface area contributed by atoms with Gasteiger partial charge in [-0.1, -0.05) is 29.0 Å². The molecular weight excluding hydrogens is 227 g/mol. The number of ether oxygens (including phenoxy) is 1. The maximum Gasteiger partial charge on any atom is 0.0465 e. The van der Waals surface area contributed by atoms with Gasteiger partial charge in [0.1, 0.15) is 0 Å². The molecule has 2 heteroatoms. The lowest BCUT2D eigenvalue weighted by molar-refractivity contribution is 0.143. The summed E-state index contributed by atoms with van der Waals surface area (Å²) in [6, 6.07) is 0. The van der Waals surface area contributed by atoms with Crippen LogP contribution in [-0.2, 0) is 4.74 Å². The fraction of sp³-hybridized carbons (Fsp3) is 1.00. The van der Waals surface area contributed by atoms with E-state index in [-0.39, 0.29) is 0 Å². The third-order valence-electron chi connectivity index (χ3n) is 1.13. The van der Waals surface area contributed by atoms with Crippen molar-refractivity contribution in [1.82, 2.24) is 0 Å². The Morgan fingerprint density at radius 3 is 2.56 bits per heavy atom. The summed E-state index contributed by atoms with van der Waals surface area (Å²) in [5.41, 5.74) is 0. The van der Waals surface area contributed by atoms with Crippen LogP contribution in [0.25, 0.3) is 0 Å². The fourth-order valence-electron chi connectivity index (χ4n) is 0.620. The molecule has 0 atom stereocenters. The summed E-state index contributed by atoms with van der Waals surface area (Å²) in [5, 5.41) is 0. The Morgan fingerprint density at radius 2 is 2.00 bits per heavy atom. The summed E-state index contributed by atoms with van der Waals surface area (Å²) >= 11 is 2.41. The molecule has 0 saturated carbocycles. The third kappa shape index (κ3) is 8.69. The van der Waals surface area contributed by atoms with Crippen LogP contribution < -0.4 is 0 Å². The van der Waals surface area contributed by atoms with Gasteiger partial charge in [-0.2, -0.15) is 0 Å². The lowest BCUT2D eigenvalue weighted by atomic mass is 10.3. The highest BCUT2D eigenvalue weighted by atomic mass is 127.